The third-order valence-electron chi connectivity index (χ3n) is 5.35. The van der Waals surface area contributed by atoms with E-state index >= 15 is 0 Å². The highest BCUT2D eigenvalue weighted by Crippen LogP contribution is 2.28. The standard InChI is InChI=1S/C22H37NO3/c1-2-3-12-25-13-14-26-22-10-9-18-15-19(7-8-20(18)16-22)21(17-23)6-4-5-11-24/h7-8,15,21-22,24H,2-6,9-14,16-17,23H2,1H3/t21-,22?/m1/s1. The SMILES string of the molecule is CCCCOCCOC1CCc2cc([C@@H](CN)CCCCO)ccc2C1. The Morgan fingerprint density at radius 2 is 2.04 bits per heavy atom. The van der Waals surface area contributed by atoms with Crippen LogP contribution in [0.1, 0.15) is 68.1 Å². The third kappa shape index (κ3) is 6.99. The molecule has 2 atom stereocenters. The zero-order valence-electron chi connectivity index (χ0n) is 16.4. The highest BCUT2D eigenvalue weighted by Gasteiger charge is 2.20. The molecule has 4 heteroatoms. The molecule has 0 aromatic heterocycles. The summed E-state index contributed by atoms with van der Waals surface area (Å²) in [4.78, 5) is 0. The van der Waals surface area contributed by atoms with Crippen LogP contribution in [0.5, 0.6) is 0 Å². The van der Waals surface area contributed by atoms with Gasteiger partial charge in [0, 0.05) is 13.2 Å². The van der Waals surface area contributed by atoms with E-state index in [4.69, 9.17) is 20.3 Å². The van der Waals surface area contributed by atoms with Crippen molar-refractivity contribution in [2.75, 3.05) is 33.0 Å². The number of unbranched alkanes of at least 4 members (excludes halogenated alkanes) is 2. The number of aliphatic hydroxyl groups is 1. The Morgan fingerprint density at radius 3 is 2.81 bits per heavy atom. The third-order valence-corrected chi connectivity index (χ3v) is 5.35. The summed E-state index contributed by atoms with van der Waals surface area (Å²) in [6.07, 6.45) is 8.74. The van der Waals surface area contributed by atoms with Gasteiger partial charge in [-0.15, -0.1) is 0 Å². The van der Waals surface area contributed by atoms with Gasteiger partial charge in [-0.25, -0.2) is 0 Å². The molecule has 0 aliphatic heterocycles. The fraction of sp³-hybridized carbons (Fsp3) is 0.727. The molecule has 1 aromatic rings. The lowest BCUT2D eigenvalue weighted by Gasteiger charge is -2.26. The topological polar surface area (TPSA) is 64.7 Å². The van der Waals surface area contributed by atoms with Gasteiger partial charge in [0.1, 0.15) is 0 Å². The van der Waals surface area contributed by atoms with Crippen LogP contribution in [0.15, 0.2) is 18.2 Å². The highest BCUT2D eigenvalue weighted by atomic mass is 16.5. The highest BCUT2D eigenvalue weighted by molar-refractivity contribution is 5.36. The fourth-order valence-electron chi connectivity index (χ4n) is 3.68. The van der Waals surface area contributed by atoms with Crippen LogP contribution in [0, 0.1) is 0 Å². The van der Waals surface area contributed by atoms with Crippen LogP contribution in [-0.2, 0) is 22.3 Å². The molecule has 4 nitrogen and oxygen atoms in total. The molecule has 1 aliphatic carbocycles. The Morgan fingerprint density at radius 1 is 1.15 bits per heavy atom. The number of benzene rings is 1. The first-order valence-corrected chi connectivity index (χ1v) is 10.4. The molecule has 0 saturated heterocycles. The Labute approximate surface area is 159 Å². The van der Waals surface area contributed by atoms with Crippen molar-refractivity contribution >= 4 is 0 Å². The number of nitrogens with two attached hydrogens (primary N) is 1. The summed E-state index contributed by atoms with van der Waals surface area (Å²) < 4.78 is 11.6. The summed E-state index contributed by atoms with van der Waals surface area (Å²) in [7, 11) is 0. The Kier molecular flexibility index (Phi) is 10.2. The summed E-state index contributed by atoms with van der Waals surface area (Å²) >= 11 is 0. The normalized spacial score (nSPS) is 17.9. The maximum Gasteiger partial charge on any atom is 0.0704 e. The second kappa shape index (κ2) is 12.4. The number of fused-ring (bicyclic) bond motifs is 1. The molecule has 0 bridgehead atoms. The van der Waals surface area contributed by atoms with Crippen molar-refractivity contribution in [2.45, 2.75) is 70.3 Å². The average Bonchev–Trinajstić information content (AvgIpc) is 2.67. The molecular formula is C22H37NO3. The fourth-order valence-corrected chi connectivity index (χ4v) is 3.68. The lowest BCUT2D eigenvalue weighted by Crippen LogP contribution is -2.24. The number of ether oxygens (including phenoxy) is 2. The Balaban J connectivity index is 1.80. The van der Waals surface area contributed by atoms with E-state index in [2.05, 4.69) is 25.1 Å². The molecule has 0 spiro atoms. The maximum absolute atomic E-state index is 8.97. The minimum absolute atomic E-state index is 0.270. The molecule has 1 aromatic carbocycles. The Hall–Kier alpha value is -0.940. The van der Waals surface area contributed by atoms with Crippen LogP contribution >= 0.6 is 0 Å². The summed E-state index contributed by atoms with van der Waals surface area (Å²) in [6, 6.07) is 6.87. The Bertz CT molecular complexity index is 506. The van der Waals surface area contributed by atoms with Crippen molar-refractivity contribution in [2.24, 2.45) is 5.73 Å². The molecule has 0 saturated carbocycles. The predicted molar refractivity (Wildman–Crippen MR) is 107 cm³/mol. The van der Waals surface area contributed by atoms with Crippen molar-refractivity contribution in [3.8, 4) is 0 Å². The maximum atomic E-state index is 8.97. The lowest BCUT2D eigenvalue weighted by molar-refractivity contribution is -0.000913. The second-order valence-electron chi connectivity index (χ2n) is 7.38. The van der Waals surface area contributed by atoms with Crippen molar-refractivity contribution < 1.29 is 14.6 Å². The zero-order valence-corrected chi connectivity index (χ0v) is 16.4. The molecule has 3 N–H and O–H groups in total. The first-order valence-electron chi connectivity index (χ1n) is 10.4. The van der Waals surface area contributed by atoms with E-state index in [-0.39, 0.29) is 6.61 Å². The number of aliphatic hydroxyl groups excluding tert-OH is 1. The van der Waals surface area contributed by atoms with E-state index in [1.807, 2.05) is 0 Å². The summed E-state index contributed by atoms with van der Waals surface area (Å²) in [5, 5.41) is 8.97. The molecule has 148 valence electrons. The van der Waals surface area contributed by atoms with Gasteiger partial charge in [-0.3, -0.25) is 0 Å². The van der Waals surface area contributed by atoms with Gasteiger partial charge in [-0.05, 0) is 67.7 Å². The lowest BCUT2D eigenvalue weighted by atomic mass is 9.85. The summed E-state index contributed by atoms with van der Waals surface area (Å²) in [5.41, 5.74) is 10.2. The second-order valence-corrected chi connectivity index (χ2v) is 7.38. The quantitative estimate of drug-likeness (QED) is 0.526. The summed E-state index contributed by atoms with van der Waals surface area (Å²) in [6.45, 7) is 5.36. The number of rotatable bonds is 13. The van der Waals surface area contributed by atoms with E-state index in [1.54, 1.807) is 0 Å². The smallest absolute Gasteiger partial charge is 0.0704 e. The first kappa shape index (κ1) is 21.4. The first-order chi connectivity index (χ1) is 12.8. The van der Waals surface area contributed by atoms with Gasteiger partial charge in [0.05, 0.1) is 19.3 Å². The predicted octanol–water partition coefficient (Wildman–Crippen LogP) is 3.58. The summed E-state index contributed by atoms with van der Waals surface area (Å²) in [5.74, 6) is 0.404. The van der Waals surface area contributed by atoms with E-state index in [1.165, 1.54) is 23.1 Å². The van der Waals surface area contributed by atoms with Crippen LogP contribution in [0.3, 0.4) is 0 Å². The molecule has 0 heterocycles. The van der Waals surface area contributed by atoms with Gasteiger partial charge in [0.2, 0.25) is 0 Å². The molecule has 1 aliphatic rings. The zero-order chi connectivity index (χ0) is 18.6. The molecule has 1 unspecified atom stereocenters. The van der Waals surface area contributed by atoms with E-state index in [9.17, 15) is 0 Å². The van der Waals surface area contributed by atoms with Crippen LogP contribution in [0.2, 0.25) is 0 Å². The van der Waals surface area contributed by atoms with Gasteiger partial charge in [0.25, 0.3) is 0 Å². The minimum atomic E-state index is 0.270. The number of hydrogen-bond acceptors (Lipinski definition) is 4. The van der Waals surface area contributed by atoms with Gasteiger partial charge in [-0.1, -0.05) is 38.0 Å². The van der Waals surface area contributed by atoms with Gasteiger partial charge >= 0.3 is 0 Å². The van der Waals surface area contributed by atoms with Crippen molar-refractivity contribution in [3.05, 3.63) is 34.9 Å². The van der Waals surface area contributed by atoms with Crippen molar-refractivity contribution in [1.29, 1.82) is 0 Å². The molecular weight excluding hydrogens is 326 g/mol. The van der Waals surface area contributed by atoms with Crippen molar-refractivity contribution in [3.63, 3.8) is 0 Å². The minimum Gasteiger partial charge on any atom is -0.396 e. The van der Waals surface area contributed by atoms with E-state index in [0.717, 1.165) is 51.6 Å². The van der Waals surface area contributed by atoms with Gasteiger partial charge < -0.3 is 20.3 Å². The average molecular weight is 364 g/mol. The van der Waals surface area contributed by atoms with E-state index in [0.29, 0.717) is 31.8 Å². The van der Waals surface area contributed by atoms with Crippen LogP contribution in [0.25, 0.3) is 0 Å². The van der Waals surface area contributed by atoms with Gasteiger partial charge in [0.15, 0.2) is 0 Å². The molecule has 0 amide bonds. The van der Waals surface area contributed by atoms with Gasteiger partial charge in [-0.2, -0.15) is 0 Å². The van der Waals surface area contributed by atoms with Crippen LogP contribution < -0.4 is 5.73 Å². The molecule has 0 radical (unpaired) electrons. The number of aryl methyl sites for hydroxylation is 1. The molecule has 2 rings (SSSR count). The number of hydrogen-bond donors (Lipinski definition) is 2. The molecule has 26 heavy (non-hydrogen) atoms. The monoisotopic (exact) mass is 363 g/mol. The van der Waals surface area contributed by atoms with Crippen LogP contribution in [-0.4, -0.2) is 44.2 Å². The molecule has 0 fully saturated rings. The van der Waals surface area contributed by atoms with Crippen molar-refractivity contribution in [1.82, 2.24) is 0 Å². The van der Waals surface area contributed by atoms with E-state index < -0.39 is 0 Å². The van der Waals surface area contributed by atoms with Crippen LogP contribution in [0.4, 0.5) is 0 Å². The largest absolute Gasteiger partial charge is 0.396 e.